The molecule has 23 heavy (non-hydrogen) atoms. The fourth-order valence-corrected chi connectivity index (χ4v) is 2.61. The van der Waals surface area contributed by atoms with E-state index in [-0.39, 0.29) is 10.9 Å². The van der Waals surface area contributed by atoms with Gasteiger partial charge < -0.3 is 9.32 Å². The molecule has 2 aromatic rings. The van der Waals surface area contributed by atoms with Crippen LogP contribution < -0.4 is 10.0 Å². The van der Waals surface area contributed by atoms with Gasteiger partial charge in [0.25, 0.3) is 0 Å². The van der Waals surface area contributed by atoms with Gasteiger partial charge in [-0.05, 0) is 31.7 Å². The molecule has 1 aromatic heterocycles. The van der Waals surface area contributed by atoms with Gasteiger partial charge in [0.15, 0.2) is 0 Å². The van der Waals surface area contributed by atoms with E-state index < -0.39 is 10.0 Å². The van der Waals surface area contributed by atoms with Crippen molar-refractivity contribution in [3.8, 4) is 0 Å². The van der Waals surface area contributed by atoms with Crippen LogP contribution in [0.25, 0.3) is 0 Å². The number of benzene rings is 1. The van der Waals surface area contributed by atoms with Crippen LogP contribution in [0.15, 0.2) is 33.6 Å². The van der Waals surface area contributed by atoms with Crippen LogP contribution >= 0.6 is 0 Å². The summed E-state index contributed by atoms with van der Waals surface area (Å²) in [5.41, 5.74) is 0.839. The van der Waals surface area contributed by atoms with E-state index in [2.05, 4.69) is 10.2 Å². The monoisotopic (exact) mass is 339 g/mol. The average molecular weight is 339 g/mol. The third-order valence-electron chi connectivity index (χ3n) is 3.55. The van der Waals surface area contributed by atoms with Crippen LogP contribution in [0.2, 0.25) is 0 Å². The van der Waals surface area contributed by atoms with Gasteiger partial charge in [0.1, 0.15) is 0 Å². The highest BCUT2D eigenvalue weighted by molar-refractivity contribution is 7.89. The van der Waals surface area contributed by atoms with Gasteiger partial charge in [0.2, 0.25) is 15.9 Å². The number of rotatable bonds is 6. The standard InChI is InChI=1S/C14H21N5O3S/c1-10(11-6-5-7-12(8-11)23(15,20)21)19(4)9-13-16-17-14(22-13)18(2)3/h5-8,10H,9H2,1-4H3,(H2,15,20,21)/t10-/m0/s1. The molecule has 0 fully saturated rings. The number of aromatic nitrogens is 2. The SMILES string of the molecule is C[C@@H](c1cccc(S(N)(=O)=O)c1)N(C)Cc1nnc(N(C)C)o1. The van der Waals surface area contributed by atoms with Crippen molar-refractivity contribution in [1.82, 2.24) is 15.1 Å². The van der Waals surface area contributed by atoms with Crippen LogP contribution in [-0.2, 0) is 16.6 Å². The zero-order valence-corrected chi connectivity index (χ0v) is 14.4. The number of nitrogens with two attached hydrogens (primary N) is 1. The fourth-order valence-electron chi connectivity index (χ4n) is 2.05. The predicted octanol–water partition coefficient (Wildman–Crippen LogP) is 0.976. The van der Waals surface area contributed by atoms with Crippen molar-refractivity contribution in [1.29, 1.82) is 0 Å². The smallest absolute Gasteiger partial charge is 0.317 e. The van der Waals surface area contributed by atoms with Gasteiger partial charge in [-0.2, -0.15) is 0 Å². The van der Waals surface area contributed by atoms with E-state index >= 15 is 0 Å². The minimum Gasteiger partial charge on any atom is -0.407 e. The molecule has 2 rings (SSSR count). The highest BCUT2D eigenvalue weighted by Crippen LogP contribution is 2.23. The van der Waals surface area contributed by atoms with Crippen LogP contribution in [0.3, 0.4) is 0 Å². The van der Waals surface area contributed by atoms with Crippen LogP contribution in [0.1, 0.15) is 24.4 Å². The second kappa shape index (κ2) is 6.65. The number of primary sulfonamides is 1. The van der Waals surface area contributed by atoms with Crippen LogP contribution in [-0.4, -0.2) is 44.7 Å². The van der Waals surface area contributed by atoms with Gasteiger partial charge in [-0.3, -0.25) is 4.90 Å². The lowest BCUT2D eigenvalue weighted by molar-refractivity contribution is 0.228. The number of nitrogens with zero attached hydrogens (tertiary/aromatic N) is 4. The summed E-state index contributed by atoms with van der Waals surface area (Å²) < 4.78 is 28.4. The molecule has 0 spiro atoms. The lowest BCUT2D eigenvalue weighted by Crippen LogP contribution is -2.22. The minimum atomic E-state index is -3.71. The predicted molar refractivity (Wildman–Crippen MR) is 86.3 cm³/mol. The highest BCUT2D eigenvalue weighted by Gasteiger charge is 2.17. The molecule has 0 aliphatic carbocycles. The Balaban J connectivity index is 2.14. The Hall–Kier alpha value is -1.97. The van der Waals surface area contributed by atoms with Crippen molar-refractivity contribution in [2.24, 2.45) is 5.14 Å². The van der Waals surface area contributed by atoms with Gasteiger partial charge in [-0.25, -0.2) is 13.6 Å². The summed E-state index contributed by atoms with van der Waals surface area (Å²) in [6.07, 6.45) is 0. The van der Waals surface area contributed by atoms with Crippen molar-refractivity contribution < 1.29 is 12.8 Å². The van der Waals surface area contributed by atoms with Crippen molar-refractivity contribution in [3.63, 3.8) is 0 Å². The molecule has 1 atom stereocenters. The second-order valence-corrected chi connectivity index (χ2v) is 7.14. The molecule has 126 valence electrons. The largest absolute Gasteiger partial charge is 0.407 e. The maximum atomic E-state index is 11.5. The van der Waals surface area contributed by atoms with Crippen LogP contribution in [0, 0.1) is 0 Å². The van der Waals surface area contributed by atoms with E-state index in [0.717, 1.165) is 5.56 Å². The Morgan fingerprint density at radius 3 is 2.52 bits per heavy atom. The first kappa shape index (κ1) is 17.4. The van der Waals surface area contributed by atoms with E-state index in [0.29, 0.717) is 18.5 Å². The van der Waals surface area contributed by atoms with Crippen molar-refractivity contribution in [3.05, 3.63) is 35.7 Å². The molecule has 0 aliphatic rings. The summed E-state index contributed by atoms with van der Waals surface area (Å²) >= 11 is 0. The maximum absolute atomic E-state index is 11.5. The number of anilines is 1. The van der Waals surface area contributed by atoms with Gasteiger partial charge in [-0.1, -0.05) is 17.2 Å². The summed E-state index contributed by atoms with van der Waals surface area (Å²) in [6.45, 7) is 2.41. The van der Waals surface area contributed by atoms with E-state index in [4.69, 9.17) is 9.56 Å². The van der Waals surface area contributed by atoms with Crippen molar-refractivity contribution in [2.75, 3.05) is 26.0 Å². The van der Waals surface area contributed by atoms with Gasteiger partial charge in [-0.15, -0.1) is 5.10 Å². The van der Waals surface area contributed by atoms with Gasteiger partial charge in [0, 0.05) is 20.1 Å². The lowest BCUT2D eigenvalue weighted by atomic mass is 10.1. The second-order valence-electron chi connectivity index (χ2n) is 5.58. The number of sulfonamides is 1. The summed E-state index contributed by atoms with van der Waals surface area (Å²) in [7, 11) is 1.83. The first-order valence-electron chi connectivity index (χ1n) is 7.01. The Morgan fingerprint density at radius 2 is 1.96 bits per heavy atom. The molecule has 1 aromatic carbocycles. The summed E-state index contributed by atoms with van der Waals surface area (Å²) in [5, 5.41) is 13.1. The van der Waals surface area contributed by atoms with E-state index in [9.17, 15) is 8.42 Å². The van der Waals surface area contributed by atoms with Gasteiger partial charge in [0.05, 0.1) is 11.4 Å². The molecule has 9 heteroatoms. The van der Waals surface area contributed by atoms with E-state index in [1.807, 2.05) is 39.0 Å². The van der Waals surface area contributed by atoms with Crippen molar-refractivity contribution >= 4 is 16.0 Å². The summed E-state index contributed by atoms with van der Waals surface area (Å²) in [5.74, 6) is 0.491. The van der Waals surface area contributed by atoms with Gasteiger partial charge >= 0.3 is 6.01 Å². The maximum Gasteiger partial charge on any atom is 0.317 e. The number of hydrogen-bond acceptors (Lipinski definition) is 7. The van der Waals surface area contributed by atoms with E-state index in [1.54, 1.807) is 17.0 Å². The molecular formula is C14H21N5O3S. The zero-order chi connectivity index (χ0) is 17.2. The Morgan fingerprint density at radius 1 is 1.26 bits per heavy atom. The normalized spacial score (nSPS) is 13.3. The van der Waals surface area contributed by atoms with Crippen LogP contribution in [0.4, 0.5) is 6.01 Å². The average Bonchev–Trinajstić information content (AvgIpc) is 2.94. The molecule has 0 saturated heterocycles. The minimum absolute atomic E-state index is 0.0496. The number of hydrogen-bond donors (Lipinski definition) is 1. The molecule has 8 nitrogen and oxygen atoms in total. The molecule has 0 unspecified atom stereocenters. The first-order chi connectivity index (χ1) is 10.7. The molecule has 0 bridgehead atoms. The molecule has 0 saturated carbocycles. The Labute approximate surface area is 136 Å². The fraction of sp³-hybridized carbons (Fsp3) is 0.429. The molecule has 2 N–H and O–H groups in total. The van der Waals surface area contributed by atoms with Crippen molar-refractivity contribution in [2.45, 2.75) is 24.4 Å². The first-order valence-corrected chi connectivity index (χ1v) is 8.56. The molecule has 0 aliphatic heterocycles. The highest BCUT2D eigenvalue weighted by atomic mass is 32.2. The summed E-state index contributed by atoms with van der Waals surface area (Å²) in [6, 6.07) is 6.98. The van der Waals surface area contributed by atoms with E-state index in [1.165, 1.54) is 6.07 Å². The molecule has 0 radical (unpaired) electrons. The molecular weight excluding hydrogens is 318 g/mol. The third kappa shape index (κ3) is 4.27. The molecule has 0 amide bonds. The lowest BCUT2D eigenvalue weighted by Gasteiger charge is -2.23. The quantitative estimate of drug-likeness (QED) is 0.836. The summed E-state index contributed by atoms with van der Waals surface area (Å²) in [4.78, 5) is 3.81. The Bertz CT molecular complexity index is 772. The molecule has 1 heterocycles. The topological polar surface area (TPSA) is 106 Å². The zero-order valence-electron chi connectivity index (χ0n) is 13.6. The van der Waals surface area contributed by atoms with Crippen LogP contribution in [0.5, 0.6) is 0 Å². The third-order valence-corrected chi connectivity index (χ3v) is 4.46. The Kier molecular flexibility index (Phi) is 5.03.